The lowest BCUT2D eigenvalue weighted by atomic mass is 10.1. The Bertz CT molecular complexity index is 891. The fourth-order valence-electron chi connectivity index (χ4n) is 3.08. The number of nitrogens with zero attached hydrogens (tertiary/aromatic N) is 4. The smallest absolute Gasteiger partial charge is 0.232 e. The number of aryl methyl sites for hydroxylation is 1. The SMILES string of the molecule is Cc1ccccc1CN1C[C@@H](c2nc(-c3ccccn3)no2)CC1=O. The van der Waals surface area contributed by atoms with Crippen molar-refractivity contribution in [3.63, 3.8) is 0 Å². The number of aromatic nitrogens is 3. The van der Waals surface area contributed by atoms with Crippen molar-refractivity contribution in [1.82, 2.24) is 20.0 Å². The normalized spacial score (nSPS) is 17.2. The molecule has 6 heteroatoms. The highest BCUT2D eigenvalue weighted by molar-refractivity contribution is 5.79. The molecular formula is C19H18N4O2. The Morgan fingerprint density at radius 2 is 2.04 bits per heavy atom. The molecule has 2 aromatic heterocycles. The first kappa shape index (κ1) is 15.5. The second-order valence-corrected chi connectivity index (χ2v) is 6.27. The summed E-state index contributed by atoms with van der Waals surface area (Å²) in [4.78, 5) is 22.9. The van der Waals surface area contributed by atoms with Gasteiger partial charge in [0.05, 0.1) is 5.92 Å². The minimum atomic E-state index is -0.0681. The van der Waals surface area contributed by atoms with Gasteiger partial charge < -0.3 is 9.42 Å². The molecule has 4 rings (SSSR count). The lowest BCUT2D eigenvalue weighted by molar-refractivity contribution is -0.128. The lowest BCUT2D eigenvalue weighted by Gasteiger charge is -2.17. The standard InChI is InChI=1S/C19H18N4O2/c1-13-6-2-3-7-14(13)11-23-12-15(10-17(23)24)19-21-18(22-25-19)16-8-4-5-9-20-16/h2-9,15H,10-12H2,1H3/t15-/m0/s1. The molecule has 6 nitrogen and oxygen atoms in total. The van der Waals surface area contributed by atoms with Gasteiger partial charge >= 0.3 is 0 Å². The summed E-state index contributed by atoms with van der Waals surface area (Å²) in [7, 11) is 0. The number of hydrogen-bond acceptors (Lipinski definition) is 5. The van der Waals surface area contributed by atoms with Gasteiger partial charge in [0.15, 0.2) is 0 Å². The maximum atomic E-state index is 12.4. The minimum Gasteiger partial charge on any atom is -0.339 e. The summed E-state index contributed by atoms with van der Waals surface area (Å²) in [6.45, 7) is 3.27. The van der Waals surface area contributed by atoms with E-state index < -0.39 is 0 Å². The molecular weight excluding hydrogens is 316 g/mol. The van der Waals surface area contributed by atoms with Gasteiger partial charge in [0, 0.05) is 25.7 Å². The molecule has 1 aliphatic rings. The second-order valence-electron chi connectivity index (χ2n) is 6.27. The van der Waals surface area contributed by atoms with Crippen molar-refractivity contribution < 1.29 is 9.32 Å². The van der Waals surface area contributed by atoms with Crippen LogP contribution in [-0.2, 0) is 11.3 Å². The number of pyridine rings is 1. The summed E-state index contributed by atoms with van der Waals surface area (Å²) < 4.78 is 5.39. The molecule has 1 aliphatic heterocycles. The van der Waals surface area contributed by atoms with Crippen molar-refractivity contribution in [2.45, 2.75) is 25.8 Å². The quantitative estimate of drug-likeness (QED) is 0.733. The maximum Gasteiger partial charge on any atom is 0.232 e. The van der Waals surface area contributed by atoms with Gasteiger partial charge in [-0.15, -0.1) is 0 Å². The Kier molecular flexibility index (Phi) is 4.01. The first-order valence-electron chi connectivity index (χ1n) is 8.28. The van der Waals surface area contributed by atoms with Crippen molar-refractivity contribution in [3.8, 4) is 11.5 Å². The Labute approximate surface area is 145 Å². The maximum absolute atomic E-state index is 12.4. The van der Waals surface area contributed by atoms with Crippen LogP contribution in [0, 0.1) is 6.92 Å². The van der Waals surface area contributed by atoms with Gasteiger partial charge in [0.2, 0.25) is 17.6 Å². The first-order chi connectivity index (χ1) is 12.2. The van der Waals surface area contributed by atoms with Crippen molar-refractivity contribution in [3.05, 3.63) is 65.7 Å². The van der Waals surface area contributed by atoms with Crippen molar-refractivity contribution in [2.24, 2.45) is 0 Å². The van der Waals surface area contributed by atoms with E-state index in [0.717, 1.165) is 5.56 Å². The van der Waals surface area contributed by atoms with Crippen molar-refractivity contribution in [2.75, 3.05) is 6.54 Å². The van der Waals surface area contributed by atoms with E-state index in [1.54, 1.807) is 6.20 Å². The fraction of sp³-hybridized carbons (Fsp3) is 0.263. The first-order valence-corrected chi connectivity index (χ1v) is 8.28. The van der Waals surface area contributed by atoms with E-state index >= 15 is 0 Å². The Balaban J connectivity index is 1.49. The molecule has 126 valence electrons. The molecule has 0 saturated carbocycles. The summed E-state index contributed by atoms with van der Waals surface area (Å²) in [5, 5.41) is 4.00. The molecule has 0 unspecified atom stereocenters. The van der Waals surface area contributed by atoms with Crippen LogP contribution < -0.4 is 0 Å². The van der Waals surface area contributed by atoms with Gasteiger partial charge in [0.25, 0.3) is 0 Å². The third kappa shape index (κ3) is 3.15. The number of amides is 1. The highest BCUT2D eigenvalue weighted by atomic mass is 16.5. The van der Waals surface area contributed by atoms with Gasteiger partial charge in [0.1, 0.15) is 5.69 Å². The summed E-state index contributed by atoms with van der Waals surface area (Å²) in [5.41, 5.74) is 3.02. The summed E-state index contributed by atoms with van der Waals surface area (Å²) in [6.07, 6.45) is 2.09. The Morgan fingerprint density at radius 1 is 1.20 bits per heavy atom. The van der Waals surface area contributed by atoms with Gasteiger partial charge in [-0.3, -0.25) is 9.78 Å². The molecule has 1 aromatic carbocycles. The number of carbonyl (C=O) groups excluding carboxylic acids is 1. The van der Waals surface area contributed by atoms with E-state index in [4.69, 9.17) is 4.52 Å². The average Bonchev–Trinajstić information content (AvgIpc) is 3.25. The number of likely N-dealkylation sites (tertiary alicyclic amines) is 1. The van der Waals surface area contributed by atoms with E-state index in [0.29, 0.717) is 36.9 Å². The van der Waals surface area contributed by atoms with Gasteiger partial charge in [-0.05, 0) is 30.2 Å². The zero-order chi connectivity index (χ0) is 17.2. The highest BCUT2D eigenvalue weighted by Crippen LogP contribution is 2.29. The van der Waals surface area contributed by atoms with E-state index in [1.165, 1.54) is 5.56 Å². The Hall–Kier alpha value is -3.02. The average molecular weight is 334 g/mol. The monoisotopic (exact) mass is 334 g/mol. The lowest BCUT2D eigenvalue weighted by Crippen LogP contribution is -2.24. The summed E-state index contributed by atoms with van der Waals surface area (Å²) >= 11 is 0. The van der Waals surface area contributed by atoms with Crippen LogP contribution in [0.2, 0.25) is 0 Å². The van der Waals surface area contributed by atoms with Crippen LogP contribution in [0.5, 0.6) is 0 Å². The number of rotatable bonds is 4. The van der Waals surface area contributed by atoms with E-state index in [2.05, 4.69) is 34.2 Å². The van der Waals surface area contributed by atoms with Gasteiger partial charge in [-0.1, -0.05) is 35.5 Å². The van der Waals surface area contributed by atoms with Crippen LogP contribution >= 0.6 is 0 Å². The van der Waals surface area contributed by atoms with Crippen LogP contribution in [0.15, 0.2) is 53.2 Å². The molecule has 0 aliphatic carbocycles. The zero-order valence-electron chi connectivity index (χ0n) is 13.9. The topological polar surface area (TPSA) is 72.1 Å². The van der Waals surface area contributed by atoms with Crippen LogP contribution in [0.4, 0.5) is 0 Å². The molecule has 3 heterocycles. The van der Waals surface area contributed by atoms with E-state index in [9.17, 15) is 4.79 Å². The minimum absolute atomic E-state index is 0.0681. The summed E-state index contributed by atoms with van der Waals surface area (Å²) in [6, 6.07) is 13.7. The second kappa shape index (κ2) is 6.47. The third-order valence-electron chi connectivity index (χ3n) is 4.52. The summed E-state index contributed by atoms with van der Waals surface area (Å²) in [5.74, 6) is 1.01. The van der Waals surface area contributed by atoms with Gasteiger partial charge in [-0.25, -0.2) is 0 Å². The van der Waals surface area contributed by atoms with Crippen LogP contribution in [0.25, 0.3) is 11.5 Å². The number of hydrogen-bond donors (Lipinski definition) is 0. The van der Waals surface area contributed by atoms with Crippen molar-refractivity contribution in [1.29, 1.82) is 0 Å². The third-order valence-corrected chi connectivity index (χ3v) is 4.52. The van der Waals surface area contributed by atoms with Gasteiger partial charge in [-0.2, -0.15) is 4.98 Å². The van der Waals surface area contributed by atoms with Crippen LogP contribution in [0.1, 0.15) is 29.4 Å². The predicted molar refractivity (Wildman–Crippen MR) is 91.5 cm³/mol. The number of carbonyl (C=O) groups is 1. The van der Waals surface area contributed by atoms with Crippen molar-refractivity contribution >= 4 is 5.91 Å². The molecule has 1 fully saturated rings. The highest BCUT2D eigenvalue weighted by Gasteiger charge is 2.34. The molecule has 1 saturated heterocycles. The van der Waals surface area contributed by atoms with E-state index in [1.807, 2.05) is 35.2 Å². The van der Waals surface area contributed by atoms with E-state index in [-0.39, 0.29) is 11.8 Å². The predicted octanol–water partition coefficient (Wildman–Crippen LogP) is 2.96. The molecule has 0 N–H and O–H groups in total. The molecule has 3 aromatic rings. The molecule has 1 atom stereocenters. The molecule has 1 amide bonds. The fourth-order valence-corrected chi connectivity index (χ4v) is 3.08. The Morgan fingerprint density at radius 3 is 2.84 bits per heavy atom. The van der Waals surface area contributed by atoms with Crippen LogP contribution in [0.3, 0.4) is 0 Å². The molecule has 0 bridgehead atoms. The molecule has 0 spiro atoms. The van der Waals surface area contributed by atoms with Crippen LogP contribution in [-0.4, -0.2) is 32.5 Å². The number of benzene rings is 1. The molecule has 25 heavy (non-hydrogen) atoms. The largest absolute Gasteiger partial charge is 0.339 e. The zero-order valence-corrected chi connectivity index (χ0v) is 13.9. The molecule has 0 radical (unpaired) electrons.